The minimum absolute atomic E-state index is 0.0112. The largest absolute Gasteiger partial charge is 0.309 e. The van der Waals surface area contributed by atoms with Gasteiger partial charge in [0.05, 0.1) is 11.0 Å². The Hall–Kier alpha value is -5.14. The predicted octanol–water partition coefficient (Wildman–Crippen LogP) is 13.1. The first kappa shape index (κ1) is 27.9. The van der Waals surface area contributed by atoms with Crippen LogP contribution in [-0.2, 0) is 5.41 Å². The first-order valence-corrected chi connectivity index (χ1v) is 17.8. The summed E-state index contributed by atoms with van der Waals surface area (Å²) < 4.78 is 2.40. The van der Waals surface area contributed by atoms with Crippen LogP contribution in [0.3, 0.4) is 0 Å². The zero-order valence-corrected chi connectivity index (χ0v) is 27.8. The van der Waals surface area contributed by atoms with Gasteiger partial charge in [-0.15, -0.1) is 0 Å². The third-order valence-corrected chi connectivity index (χ3v) is 11.8. The molecule has 0 radical (unpaired) electrons. The van der Waals surface area contributed by atoms with Crippen LogP contribution in [0.15, 0.2) is 133 Å². The summed E-state index contributed by atoms with van der Waals surface area (Å²) in [5.41, 5.74) is 13.6. The Kier molecular flexibility index (Phi) is 6.07. The van der Waals surface area contributed by atoms with Crippen molar-refractivity contribution in [2.24, 2.45) is 0 Å². The van der Waals surface area contributed by atoms with Crippen LogP contribution in [0.4, 0.5) is 0 Å². The van der Waals surface area contributed by atoms with E-state index in [0.29, 0.717) is 0 Å². The number of rotatable bonds is 3. The first-order valence-electron chi connectivity index (χ1n) is 17.8. The van der Waals surface area contributed by atoms with Crippen LogP contribution in [0.25, 0.3) is 71.3 Å². The molecule has 7 aromatic carbocycles. The van der Waals surface area contributed by atoms with Gasteiger partial charge in [-0.3, -0.25) is 0 Å². The van der Waals surface area contributed by atoms with Crippen molar-refractivity contribution < 1.29 is 0 Å². The lowest BCUT2D eigenvalue weighted by Crippen LogP contribution is -2.16. The van der Waals surface area contributed by atoms with E-state index in [1.165, 1.54) is 115 Å². The van der Waals surface area contributed by atoms with Crippen LogP contribution >= 0.6 is 0 Å². The van der Waals surface area contributed by atoms with Crippen LogP contribution in [0.1, 0.15) is 68.6 Å². The molecule has 1 fully saturated rings. The Labute approximate surface area is 282 Å². The molecule has 0 spiro atoms. The van der Waals surface area contributed by atoms with Crippen LogP contribution in [0.5, 0.6) is 0 Å². The van der Waals surface area contributed by atoms with Crippen molar-refractivity contribution >= 4 is 43.4 Å². The number of aromatic nitrogens is 1. The molecule has 1 nitrogen and oxygen atoms in total. The number of hydrogen-bond donors (Lipinski definition) is 0. The van der Waals surface area contributed by atoms with Gasteiger partial charge in [0.25, 0.3) is 0 Å². The van der Waals surface area contributed by atoms with Gasteiger partial charge in [0.2, 0.25) is 0 Å². The maximum Gasteiger partial charge on any atom is 0.0547 e. The summed E-state index contributed by atoms with van der Waals surface area (Å²) in [4.78, 5) is 0. The van der Waals surface area contributed by atoms with E-state index in [1.54, 1.807) is 5.56 Å². The molecule has 1 aromatic heterocycles. The Bertz CT molecular complexity index is 2560. The molecular weight excluding hydrogens is 579 g/mol. The van der Waals surface area contributed by atoms with E-state index in [9.17, 15) is 0 Å². The SMILES string of the molecule is CC1(C)c2cc(-c3ccc4c(ccc5cc6c(cc54)c4ccccc4n6-c4ccccc4)c3)ccc2-c2ccc(C3CCCCC3)cc21. The van der Waals surface area contributed by atoms with E-state index < -0.39 is 0 Å². The van der Waals surface area contributed by atoms with E-state index in [0.717, 1.165) is 5.92 Å². The van der Waals surface area contributed by atoms with Crippen molar-refractivity contribution in [2.75, 3.05) is 0 Å². The monoisotopic (exact) mass is 617 g/mol. The highest BCUT2D eigenvalue weighted by molar-refractivity contribution is 6.18. The zero-order valence-electron chi connectivity index (χ0n) is 27.8. The zero-order chi connectivity index (χ0) is 32.0. The van der Waals surface area contributed by atoms with E-state index in [2.05, 4.69) is 152 Å². The molecule has 0 atom stereocenters. The molecule has 0 saturated heterocycles. The van der Waals surface area contributed by atoms with Gasteiger partial charge < -0.3 is 4.57 Å². The molecule has 8 aromatic rings. The number of para-hydroxylation sites is 2. The molecule has 48 heavy (non-hydrogen) atoms. The fraction of sp³-hybridized carbons (Fsp3) is 0.191. The highest BCUT2D eigenvalue weighted by Crippen LogP contribution is 2.51. The van der Waals surface area contributed by atoms with Gasteiger partial charge >= 0.3 is 0 Å². The second-order valence-electron chi connectivity index (χ2n) is 14.8. The minimum atomic E-state index is -0.0112. The van der Waals surface area contributed by atoms with Gasteiger partial charge in [0.1, 0.15) is 0 Å². The molecule has 1 heteroatoms. The summed E-state index contributed by atoms with van der Waals surface area (Å²) in [7, 11) is 0. The summed E-state index contributed by atoms with van der Waals surface area (Å²) >= 11 is 0. The molecule has 232 valence electrons. The van der Waals surface area contributed by atoms with E-state index in [4.69, 9.17) is 0 Å². The van der Waals surface area contributed by atoms with Crippen LogP contribution in [0, 0.1) is 0 Å². The van der Waals surface area contributed by atoms with Crippen molar-refractivity contribution in [1.82, 2.24) is 4.57 Å². The predicted molar refractivity (Wildman–Crippen MR) is 205 cm³/mol. The molecule has 10 rings (SSSR count). The fourth-order valence-electron chi connectivity index (χ4n) is 9.19. The second-order valence-corrected chi connectivity index (χ2v) is 14.8. The normalized spacial score (nSPS) is 15.8. The van der Waals surface area contributed by atoms with Crippen molar-refractivity contribution in [3.05, 3.63) is 150 Å². The minimum Gasteiger partial charge on any atom is -0.309 e. The number of hydrogen-bond acceptors (Lipinski definition) is 0. The topological polar surface area (TPSA) is 4.93 Å². The number of nitrogens with zero attached hydrogens (tertiary/aromatic N) is 1. The quantitative estimate of drug-likeness (QED) is 0.174. The summed E-state index contributed by atoms with van der Waals surface area (Å²) in [6.07, 6.45) is 6.83. The summed E-state index contributed by atoms with van der Waals surface area (Å²) in [5, 5.41) is 7.75. The lowest BCUT2D eigenvalue weighted by molar-refractivity contribution is 0.443. The number of fused-ring (bicyclic) bond motifs is 9. The number of benzene rings is 7. The van der Waals surface area contributed by atoms with Gasteiger partial charge in [-0.05, 0) is 122 Å². The Morgan fingerprint density at radius 3 is 2.02 bits per heavy atom. The highest BCUT2D eigenvalue weighted by Gasteiger charge is 2.36. The molecule has 0 N–H and O–H groups in total. The molecular formula is C47H39N. The maximum atomic E-state index is 2.56. The lowest BCUT2D eigenvalue weighted by Gasteiger charge is -2.26. The first-order chi connectivity index (χ1) is 23.5. The molecule has 2 aliphatic carbocycles. The van der Waals surface area contributed by atoms with Gasteiger partial charge in [-0.1, -0.05) is 124 Å². The third-order valence-electron chi connectivity index (χ3n) is 11.8. The van der Waals surface area contributed by atoms with E-state index in [-0.39, 0.29) is 5.41 Å². The molecule has 0 amide bonds. The fourth-order valence-corrected chi connectivity index (χ4v) is 9.19. The van der Waals surface area contributed by atoms with Crippen molar-refractivity contribution in [3.63, 3.8) is 0 Å². The van der Waals surface area contributed by atoms with E-state index >= 15 is 0 Å². The average Bonchev–Trinajstić information content (AvgIpc) is 3.58. The highest BCUT2D eigenvalue weighted by atomic mass is 15.0. The molecule has 0 unspecified atom stereocenters. The maximum absolute atomic E-state index is 2.56. The lowest BCUT2D eigenvalue weighted by atomic mass is 9.78. The van der Waals surface area contributed by atoms with Crippen molar-refractivity contribution in [3.8, 4) is 27.9 Å². The van der Waals surface area contributed by atoms with Crippen LogP contribution < -0.4 is 0 Å². The van der Waals surface area contributed by atoms with Gasteiger partial charge in [0.15, 0.2) is 0 Å². The molecule has 0 aliphatic heterocycles. The standard InChI is InChI=1S/C47H39N/c1-47(2)43-26-32(30-11-5-3-6-12-30)20-23-38(43)39-24-21-33(27-44(39)47)31-19-22-37-34(25-31)17-18-35-28-46-42(29-41(35)37)40-15-9-10-16-45(40)48(46)36-13-7-4-8-14-36/h4,7-10,13-30H,3,5-6,11-12H2,1-2H3. The van der Waals surface area contributed by atoms with Gasteiger partial charge in [-0.25, -0.2) is 0 Å². The Balaban J connectivity index is 1.07. The van der Waals surface area contributed by atoms with Crippen molar-refractivity contribution in [1.29, 1.82) is 0 Å². The molecule has 1 saturated carbocycles. The Morgan fingerprint density at radius 1 is 0.500 bits per heavy atom. The summed E-state index contributed by atoms with van der Waals surface area (Å²) in [6.45, 7) is 4.85. The third kappa shape index (κ3) is 4.10. The van der Waals surface area contributed by atoms with Crippen LogP contribution in [-0.4, -0.2) is 4.57 Å². The Morgan fingerprint density at radius 2 is 1.19 bits per heavy atom. The molecule has 2 aliphatic rings. The van der Waals surface area contributed by atoms with Crippen molar-refractivity contribution in [2.45, 2.75) is 57.3 Å². The molecule has 0 bridgehead atoms. The second kappa shape index (κ2) is 10.4. The summed E-state index contributed by atoms with van der Waals surface area (Å²) in [5.74, 6) is 0.728. The van der Waals surface area contributed by atoms with Gasteiger partial charge in [-0.2, -0.15) is 0 Å². The average molecular weight is 618 g/mol. The smallest absolute Gasteiger partial charge is 0.0547 e. The van der Waals surface area contributed by atoms with E-state index in [1.807, 2.05) is 0 Å². The van der Waals surface area contributed by atoms with Crippen LogP contribution in [0.2, 0.25) is 0 Å². The summed E-state index contributed by atoms with van der Waals surface area (Å²) in [6, 6.07) is 50.6. The molecule has 1 heterocycles. The van der Waals surface area contributed by atoms with Gasteiger partial charge in [0, 0.05) is 21.9 Å².